The number of nitrogens with two attached hydrogens (primary N) is 1. The van der Waals surface area contributed by atoms with Gasteiger partial charge in [0.15, 0.2) is 0 Å². The molecule has 3 heteroatoms. The third-order valence-corrected chi connectivity index (χ3v) is 0.826. The highest BCUT2D eigenvalue weighted by Gasteiger charge is 1.88. The fraction of sp³-hybridized carbons (Fsp3) is 0. The molecule has 8 heavy (non-hydrogen) atoms. The first-order valence-corrected chi connectivity index (χ1v) is 2.17. The van der Waals surface area contributed by atoms with E-state index >= 15 is 0 Å². The minimum absolute atomic E-state index is 0.502. The van der Waals surface area contributed by atoms with Crippen molar-refractivity contribution in [2.75, 3.05) is 5.73 Å². The average Bonchev–Trinajstić information content (AvgIpc) is 2.14. The lowest BCUT2D eigenvalue weighted by Crippen LogP contribution is -1.75. The number of nitrogens with one attached hydrogen (secondary N) is 1. The molecule has 3 nitrogen and oxygen atoms in total. The predicted molar refractivity (Wildman–Crippen MR) is 29.9 cm³/mol. The van der Waals surface area contributed by atoms with Crippen molar-refractivity contribution in [1.82, 2.24) is 4.98 Å². The van der Waals surface area contributed by atoms with Crippen molar-refractivity contribution >= 4 is 5.69 Å². The van der Waals surface area contributed by atoms with Gasteiger partial charge in [-0.25, -0.2) is 0 Å². The molecule has 0 fully saturated rings. The molecule has 0 atom stereocenters. The molecule has 0 radical (unpaired) electrons. The second kappa shape index (κ2) is 1.58. The molecule has 0 amide bonds. The molecule has 0 saturated carbocycles. The number of rotatable bonds is 0. The summed E-state index contributed by atoms with van der Waals surface area (Å²) in [6, 6.07) is 3.50. The molecule has 1 rings (SSSR count). The number of H-pyrrole nitrogens is 1. The first-order valence-electron chi connectivity index (χ1n) is 2.17. The lowest BCUT2D eigenvalue weighted by atomic mass is 10.4. The Bertz CT molecular complexity index is 218. The van der Waals surface area contributed by atoms with Crippen molar-refractivity contribution in [2.24, 2.45) is 0 Å². The second-order valence-electron chi connectivity index (χ2n) is 1.46. The molecule has 0 bridgehead atoms. The third kappa shape index (κ3) is 0.636. The van der Waals surface area contributed by atoms with Crippen LogP contribution in [0.15, 0.2) is 12.3 Å². The van der Waals surface area contributed by atoms with Gasteiger partial charge >= 0.3 is 0 Å². The molecule has 0 aliphatic heterocycles. The zero-order valence-electron chi connectivity index (χ0n) is 4.18. The molecule has 1 aromatic heterocycles. The Morgan fingerprint density at radius 1 is 1.75 bits per heavy atom. The van der Waals surface area contributed by atoms with Crippen molar-refractivity contribution in [3.05, 3.63) is 18.0 Å². The molecule has 0 aliphatic rings. The largest absolute Gasteiger partial charge is 0.397 e. The van der Waals surface area contributed by atoms with Crippen LogP contribution in [-0.2, 0) is 0 Å². The van der Waals surface area contributed by atoms with Gasteiger partial charge < -0.3 is 10.7 Å². The summed E-state index contributed by atoms with van der Waals surface area (Å²) in [7, 11) is 0. The number of nitrogen functional groups attached to an aromatic ring is 1. The van der Waals surface area contributed by atoms with E-state index in [9.17, 15) is 0 Å². The summed E-state index contributed by atoms with van der Waals surface area (Å²) in [5.41, 5.74) is 6.37. The lowest BCUT2D eigenvalue weighted by molar-refractivity contribution is 1.33. The molecule has 1 aromatic rings. The maximum Gasteiger partial charge on any atom is 0.119 e. The van der Waals surface area contributed by atoms with E-state index in [1.165, 1.54) is 0 Å². The zero-order chi connectivity index (χ0) is 5.98. The second-order valence-corrected chi connectivity index (χ2v) is 1.46. The number of aromatic amines is 1. The summed E-state index contributed by atoms with van der Waals surface area (Å²) in [6.45, 7) is 0. The molecule has 0 aliphatic carbocycles. The fourth-order valence-corrected chi connectivity index (χ4v) is 0.476. The number of hydrogen-bond acceptors (Lipinski definition) is 2. The van der Waals surface area contributed by atoms with Gasteiger partial charge in [0.05, 0.1) is 5.69 Å². The Balaban J connectivity index is 3.05. The first kappa shape index (κ1) is 4.72. The van der Waals surface area contributed by atoms with Crippen LogP contribution in [-0.4, -0.2) is 4.98 Å². The standard InChI is InChI=1S/C5H5N3/c6-2-5-1-4(7)3-8-5/h1,3,8H,7H2. The van der Waals surface area contributed by atoms with Crippen LogP contribution in [0.1, 0.15) is 5.69 Å². The summed E-state index contributed by atoms with van der Waals surface area (Å²) >= 11 is 0. The van der Waals surface area contributed by atoms with E-state index in [0.29, 0.717) is 11.4 Å². The Labute approximate surface area is 46.7 Å². The van der Waals surface area contributed by atoms with E-state index in [4.69, 9.17) is 11.0 Å². The van der Waals surface area contributed by atoms with E-state index in [1.54, 1.807) is 12.3 Å². The van der Waals surface area contributed by atoms with Crippen LogP contribution in [0.4, 0.5) is 5.69 Å². The molecular formula is C5H5N3. The number of nitrogens with zero attached hydrogens (tertiary/aromatic N) is 1. The van der Waals surface area contributed by atoms with E-state index < -0.39 is 0 Å². The van der Waals surface area contributed by atoms with Crippen LogP contribution < -0.4 is 5.73 Å². The van der Waals surface area contributed by atoms with Crippen LogP contribution in [0.3, 0.4) is 0 Å². The van der Waals surface area contributed by atoms with E-state index in [1.807, 2.05) is 6.07 Å². The highest BCUT2D eigenvalue weighted by molar-refractivity contribution is 5.41. The average molecular weight is 107 g/mol. The summed E-state index contributed by atoms with van der Waals surface area (Å²) in [4.78, 5) is 2.67. The molecular weight excluding hydrogens is 102 g/mol. The minimum Gasteiger partial charge on any atom is -0.397 e. The fourth-order valence-electron chi connectivity index (χ4n) is 0.476. The first-order chi connectivity index (χ1) is 3.83. The lowest BCUT2D eigenvalue weighted by Gasteiger charge is -1.70. The highest BCUT2D eigenvalue weighted by atomic mass is 14.7. The number of nitriles is 1. The van der Waals surface area contributed by atoms with Gasteiger partial charge in [-0.05, 0) is 6.07 Å². The van der Waals surface area contributed by atoms with Gasteiger partial charge in [0.25, 0.3) is 0 Å². The predicted octanol–water partition coefficient (Wildman–Crippen LogP) is 0.469. The van der Waals surface area contributed by atoms with Crippen LogP contribution in [0, 0.1) is 11.3 Å². The van der Waals surface area contributed by atoms with Crippen molar-refractivity contribution in [3.63, 3.8) is 0 Å². The minimum atomic E-state index is 0.502. The van der Waals surface area contributed by atoms with Crippen LogP contribution in [0.5, 0.6) is 0 Å². The van der Waals surface area contributed by atoms with Crippen molar-refractivity contribution in [1.29, 1.82) is 5.26 Å². The number of anilines is 1. The Morgan fingerprint density at radius 2 is 2.50 bits per heavy atom. The van der Waals surface area contributed by atoms with Crippen molar-refractivity contribution < 1.29 is 0 Å². The Kier molecular flexibility index (Phi) is 0.935. The van der Waals surface area contributed by atoms with Crippen molar-refractivity contribution in [2.45, 2.75) is 0 Å². The molecule has 1 heterocycles. The normalized spacial score (nSPS) is 8.38. The van der Waals surface area contributed by atoms with Gasteiger partial charge in [0.2, 0.25) is 0 Å². The van der Waals surface area contributed by atoms with Gasteiger partial charge in [0, 0.05) is 6.20 Å². The zero-order valence-corrected chi connectivity index (χ0v) is 4.18. The van der Waals surface area contributed by atoms with E-state index in [0.717, 1.165) is 0 Å². The number of hydrogen-bond donors (Lipinski definition) is 2. The summed E-state index contributed by atoms with van der Waals surface area (Å²) in [5.74, 6) is 0. The van der Waals surface area contributed by atoms with Gasteiger partial charge in [-0.2, -0.15) is 5.26 Å². The monoisotopic (exact) mass is 107 g/mol. The summed E-state index contributed by atoms with van der Waals surface area (Å²) < 4.78 is 0. The third-order valence-electron chi connectivity index (χ3n) is 0.826. The molecule has 3 N–H and O–H groups in total. The smallest absolute Gasteiger partial charge is 0.119 e. The molecule has 0 unspecified atom stereocenters. The Hall–Kier alpha value is -1.43. The maximum atomic E-state index is 8.21. The molecule has 0 saturated heterocycles. The quantitative estimate of drug-likeness (QED) is 0.506. The molecule has 40 valence electrons. The summed E-state index contributed by atoms with van der Waals surface area (Å²) in [5, 5.41) is 8.21. The van der Waals surface area contributed by atoms with Crippen LogP contribution >= 0.6 is 0 Å². The van der Waals surface area contributed by atoms with Gasteiger partial charge in [0.1, 0.15) is 11.8 Å². The summed E-state index contributed by atoms with van der Waals surface area (Å²) in [6.07, 6.45) is 1.58. The van der Waals surface area contributed by atoms with E-state index in [-0.39, 0.29) is 0 Å². The van der Waals surface area contributed by atoms with Gasteiger partial charge in [-0.3, -0.25) is 0 Å². The van der Waals surface area contributed by atoms with Gasteiger partial charge in [-0.15, -0.1) is 0 Å². The van der Waals surface area contributed by atoms with Crippen LogP contribution in [0.2, 0.25) is 0 Å². The number of aromatic nitrogens is 1. The molecule has 0 spiro atoms. The topological polar surface area (TPSA) is 65.6 Å². The Morgan fingerprint density at radius 3 is 2.75 bits per heavy atom. The van der Waals surface area contributed by atoms with Crippen molar-refractivity contribution in [3.8, 4) is 6.07 Å². The van der Waals surface area contributed by atoms with E-state index in [2.05, 4.69) is 4.98 Å². The SMILES string of the molecule is N#Cc1cc(N)c[nH]1. The highest BCUT2D eigenvalue weighted by Crippen LogP contribution is 2.01. The van der Waals surface area contributed by atoms with Gasteiger partial charge in [-0.1, -0.05) is 0 Å². The van der Waals surface area contributed by atoms with Crippen LogP contribution in [0.25, 0.3) is 0 Å². The molecule has 0 aromatic carbocycles. The maximum absolute atomic E-state index is 8.21.